The molecule has 1 aromatic carbocycles. The Balaban J connectivity index is 1.65. The molecule has 0 saturated heterocycles. The molecule has 0 aliphatic heterocycles. The lowest BCUT2D eigenvalue weighted by Crippen LogP contribution is -2.31. The van der Waals surface area contributed by atoms with Crippen LogP contribution in [0.2, 0.25) is 0 Å². The molecule has 4 N–H and O–H groups in total. The predicted molar refractivity (Wildman–Crippen MR) is 107 cm³/mol. The molecule has 142 valence electrons. The number of anilines is 3. The first-order valence-electron chi connectivity index (χ1n) is 8.55. The van der Waals surface area contributed by atoms with Gasteiger partial charge in [0.1, 0.15) is 11.6 Å². The number of aromatic nitrogens is 2. The first-order chi connectivity index (χ1) is 13.5. The normalized spacial score (nSPS) is 11.4. The van der Waals surface area contributed by atoms with E-state index in [1.807, 2.05) is 0 Å². The Morgan fingerprint density at radius 1 is 1.18 bits per heavy atom. The second kappa shape index (κ2) is 8.72. The van der Waals surface area contributed by atoms with E-state index >= 15 is 0 Å². The molecule has 1 atom stereocenters. The van der Waals surface area contributed by atoms with Crippen LogP contribution < -0.4 is 16.0 Å². The Morgan fingerprint density at radius 3 is 2.57 bits per heavy atom. The Bertz CT molecular complexity index is 962. The maximum atomic E-state index is 13.0. The summed E-state index contributed by atoms with van der Waals surface area (Å²) in [5.41, 5.74) is 2.79. The van der Waals surface area contributed by atoms with Gasteiger partial charge in [0.25, 0.3) is 0 Å². The number of hydrogen-bond donors (Lipinski definition) is 4. The fourth-order valence-electron chi connectivity index (χ4n) is 2.54. The van der Waals surface area contributed by atoms with Crippen LogP contribution in [0.1, 0.15) is 24.1 Å². The van der Waals surface area contributed by atoms with Gasteiger partial charge in [0, 0.05) is 29.9 Å². The SMILES string of the molecule is CC(NC(=O)Nc1cc(C=N)c(Nc2ccncc2)cn1)c1ccc(F)cc1. The van der Waals surface area contributed by atoms with E-state index < -0.39 is 6.03 Å². The number of nitrogens with one attached hydrogen (secondary N) is 4. The molecule has 7 nitrogen and oxygen atoms in total. The summed E-state index contributed by atoms with van der Waals surface area (Å²) < 4.78 is 13.0. The highest BCUT2D eigenvalue weighted by molar-refractivity contribution is 5.92. The van der Waals surface area contributed by atoms with Crippen LogP contribution in [-0.4, -0.2) is 22.2 Å². The third-order valence-electron chi connectivity index (χ3n) is 4.01. The van der Waals surface area contributed by atoms with E-state index in [2.05, 4.69) is 25.9 Å². The number of halogens is 1. The van der Waals surface area contributed by atoms with Gasteiger partial charge in [-0.3, -0.25) is 10.3 Å². The lowest BCUT2D eigenvalue weighted by molar-refractivity contribution is 0.249. The molecule has 3 aromatic rings. The third kappa shape index (κ3) is 4.88. The first-order valence-corrected chi connectivity index (χ1v) is 8.55. The van der Waals surface area contributed by atoms with E-state index in [4.69, 9.17) is 5.41 Å². The van der Waals surface area contributed by atoms with Crippen LogP contribution in [0, 0.1) is 11.2 Å². The lowest BCUT2D eigenvalue weighted by atomic mass is 10.1. The molecule has 0 aliphatic rings. The highest BCUT2D eigenvalue weighted by Crippen LogP contribution is 2.21. The Kier molecular flexibility index (Phi) is 5.91. The highest BCUT2D eigenvalue weighted by atomic mass is 19.1. The van der Waals surface area contributed by atoms with Crippen molar-refractivity contribution in [1.29, 1.82) is 5.41 Å². The number of carbonyl (C=O) groups is 1. The fraction of sp³-hybridized carbons (Fsp3) is 0.100. The largest absolute Gasteiger partial charge is 0.354 e. The maximum absolute atomic E-state index is 13.0. The molecule has 28 heavy (non-hydrogen) atoms. The number of amides is 2. The van der Waals surface area contributed by atoms with E-state index in [1.165, 1.54) is 18.3 Å². The van der Waals surface area contributed by atoms with Crippen molar-refractivity contribution >= 4 is 29.4 Å². The predicted octanol–water partition coefficient (Wildman–Crippen LogP) is 4.24. The van der Waals surface area contributed by atoms with Crippen LogP contribution in [0.25, 0.3) is 0 Å². The van der Waals surface area contributed by atoms with Crippen molar-refractivity contribution in [3.63, 3.8) is 0 Å². The van der Waals surface area contributed by atoms with Gasteiger partial charge in [-0.05, 0) is 42.8 Å². The van der Waals surface area contributed by atoms with Gasteiger partial charge in [-0.1, -0.05) is 12.1 Å². The van der Waals surface area contributed by atoms with Crippen molar-refractivity contribution in [1.82, 2.24) is 15.3 Å². The molecule has 3 rings (SSSR count). The minimum Gasteiger partial charge on any atom is -0.354 e. The molecule has 2 heterocycles. The molecule has 0 aliphatic carbocycles. The average molecular weight is 378 g/mol. The summed E-state index contributed by atoms with van der Waals surface area (Å²) in [5.74, 6) is -0.0215. The number of hydrogen-bond acceptors (Lipinski definition) is 5. The van der Waals surface area contributed by atoms with Gasteiger partial charge in [-0.2, -0.15) is 0 Å². The third-order valence-corrected chi connectivity index (χ3v) is 4.01. The number of rotatable bonds is 6. The average Bonchev–Trinajstić information content (AvgIpc) is 2.70. The van der Waals surface area contributed by atoms with E-state index in [9.17, 15) is 9.18 Å². The van der Waals surface area contributed by atoms with Gasteiger partial charge >= 0.3 is 6.03 Å². The van der Waals surface area contributed by atoms with Crippen LogP contribution in [0.15, 0.2) is 61.1 Å². The molecule has 0 radical (unpaired) electrons. The van der Waals surface area contributed by atoms with E-state index in [0.29, 0.717) is 17.1 Å². The number of nitrogens with zero attached hydrogens (tertiary/aromatic N) is 2. The molecular formula is C20H19FN6O. The summed E-state index contributed by atoms with van der Waals surface area (Å²) >= 11 is 0. The summed E-state index contributed by atoms with van der Waals surface area (Å²) in [6.07, 6.45) is 6.03. The monoisotopic (exact) mass is 378 g/mol. The van der Waals surface area contributed by atoms with E-state index in [-0.39, 0.29) is 11.9 Å². The van der Waals surface area contributed by atoms with Crippen molar-refractivity contribution < 1.29 is 9.18 Å². The Morgan fingerprint density at radius 2 is 1.89 bits per heavy atom. The molecule has 0 bridgehead atoms. The van der Waals surface area contributed by atoms with Crippen molar-refractivity contribution in [2.24, 2.45) is 0 Å². The summed E-state index contributed by atoms with van der Waals surface area (Å²) in [7, 11) is 0. The standard InChI is InChI=1S/C20H19FN6O/c1-13(14-2-4-16(21)5-3-14)25-20(28)27-19-10-15(11-22)18(12-24-19)26-17-6-8-23-9-7-17/h2-13,22H,1H3,(H,23,26)(H2,24,25,27,28). The molecule has 1 unspecified atom stereocenters. The zero-order valence-electron chi connectivity index (χ0n) is 15.1. The summed E-state index contributed by atoms with van der Waals surface area (Å²) in [6, 6.07) is 10.4. The lowest BCUT2D eigenvalue weighted by Gasteiger charge is -2.15. The van der Waals surface area contributed by atoms with Gasteiger partial charge < -0.3 is 16.0 Å². The van der Waals surface area contributed by atoms with Crippen molar-refractivity contribution in [3.8, 4) is 0 Å². The number of urea groups is 1. The minimum absolute atomic E-state index is 0.308. The summed E-state index contributed by atoms with van der Waals surface area (Å²) in [5, 5.41) is 16.2. The summed E-state index contributed by atoms with van der Waals surface area (Å²) in [4.78, 5) is 20.4. The van der Waals surface area contributed by atoms with E-state index in [1.54, 1.807) is 55.8 Å². The summed E-state index contributed by atoms with van der Waals surface area (Å²) in [6.45, 7) is 1.80. The number of benzene rings is 1. The second-order valence-corrected chi connectivity index (χ2v) is 6.03. The number of pyridine rings is 2. The molecular weight excluding hydrogens is 359 g/mol. The van der Waals surface area contributed by atoms with Crippen LogP contribution >= 0.6 is 0 Å². The minimum atomic E-state index is -0.449. The maximum Gasteiger partial charge on any atom is 0.320 e. The van der Waals surface area contributed by atoms with Crippen molar-refractivity contribution in [3.05, 3.63) is 78.0 Å². The van der Waals surface area contributed by atoms with Crippen LogP contribution in [0.4, 0.5) is 26.4 Å². The second-order valence-electron chi connectivity index (χ2n) is 6.03. The fourth-order valence-corrected chi connectivity index (χ4v) is 2.54. The number of carbonyl (C=O) groups excluding carboxylic acids is 1. The van der Waals surface area contributed by atoms with Crippen LogP contribution in [0.5, 0.6) is 0 Å². The zero-order chi connectivity index (χ0) is 19.9. The highest BCUT2D eigenvalue weighted by Gasteiger charge is 2.11. The zero-order valence-corrected chi connectivity index (χ0v) is 15.1. The molecule has 2 amide bonds. The molecule has 0 saturated carbocycles. The molecule has 0 spiro atoms. The Hall–Kier alpha value is -3.81. The molecule has 0 fully saturated rings. The van der Waals surface area contributed by atoms with Gasteiger partial charge in [0.05, 0.1) is 17.9 Å². The smallest absolute Gasteiger partial charge is 0.320 e. The first kappa shape index (κ1) is 19.0. The van der Waals surface area contributed by atoms with Crippen LogP contribution in [0.3, 0.4) is 0 Å². The van der Waals surface area contributed by atoms with Gasteiger partial charge in [0.2, 0.25) is 0 Å². The molecule has 8 heteroatoms. The molecule has 2 aromatic heterocycles. The van der Waals surface area contributed by atoms with Gasteiger partial charge in [-0.25, -0.2) is 14.2 Å². The topological polar surface area (TPSA) is 103 Å². The van der Waals surface area contributed by atoms with Gasteiger partial charge in [-0.15, -0.1) is 0 Å². The Labute approximate surface area is 161 Å². The van der Waals surface area contributed by atoms with Crippen LogP contribution in [-0.2, 0) is 0 Å². The van der Waals surface area contributed by atoms with Gasteiger partial charge in [0.15, 0.2) is 0 Å². The quantitative estimate of drug-likeness (QED) is 0.482. The van der Waals surface area contributed by atoms with E-state index in [0.717, 1.165) is 11.3 Å². The van der Waals surface area contributed by atoms with Crippen molar-refractivity contribution in [2.45, 2.75) is 13.0 Å². The van der Waals surface area contributed by atoms with Crippen molar-refractivity contribution in [2.75, 3.05) is 10.6 Å².